The minimum atomic E-state index is -0.0972. The van der Waals surface area contributed by atoms with Crippen molar-refractivity contribution in [2.45, 2.75) is 25.7 Å². The number of piperidine rings is 1. The Balaban J connectivity index is 1.43. The van der Waals surface area contributed by atoms with Gasteiger partial charge in [0.2, 0.25) is 11.8 Å². The first-order valence-corrected chi connectivity index (χ1v) is 11.2. The van der Waals surface area contributed by atoms with Crippen LogP contribution in [0.4, 0.5) is 10.8 Å². The van der Waals surface area contributed by atoms with Crippen LogP contribution >= 0.6 is 11.3 Å². The lowest BCUT2D eigenvalue weighted by atomic mass is 9.94. The average molecular weight is 436 g/mol. The molecule has 2 aromatic heterocycles. The summed E-state index contributed by atoms with van der Waals surface area (Å²) in [6, 6.07) is 13.8. The van der Waals surface area contributed by atoms with Gasteiger partial charge in [-0.2, -0.15) is 0 Å². The van der Waals surface area contributed by atoms with E-state index in [-0.39, 0.29) is 17.7 Å². The SMILES string of the molecule is CC(=O)Nc1cccc(-c2cccc([C@H]3CCCN(CC(=O)Nc4nccs4)C3)n2)c1. The minimum Gasteiger partial charge on any atom is -0.326 e. The Morgan fingerprint density at radius 2 is 2.06 bits per heavy atom. The third-order valence-electron chi connectivity index (χ3n) is 5.22. The van der Waals surface area contributed by atoms with Crippen molar-refractivity contribution in [1.82, 2.24) is 14.9 Å². The Kier molecular flexibility index (Phi) is 6.69. The number of anilines is 2. The lowest BCUT2D eigenvalue weighted by Gasteiger charge is -2.32. The van der Waals surface area contributed by atoms with Crippen LogP contribution in [0.2, 0.25) is 0 Å². The molecule has 2 N–H and O–H groups in total. The molecule has 1 saturated heterocycles. The van der Waals surface area contributed by atoms with Crippen molar-refractivity contribution < 1.29 is 9.59 Å². The van der Waals surface area contributed by atoms with E-state index in [4.69, 9.17) is 4.98 Å². The molecule has 1 atom stereocenters. The number of carbonyl (C=O) groups is 2. The molecule has 0 spiro atoms. The number of thiazole rings is 1. The zero-order chi connectivity index (χ0) is 21.6. The number of amides is 2. The number of pyridine rings is 1. The summed E-state index contributed by atoms with van der Waals surface area (Å²) in [6.07, 6.45) is 3.76. The Morgan fingerprint density at radius 3 is 2.87 bits per heavy atom. The molecule has 31 heavy (non-hydrogen) atoms. The standard InChI is InChI=1S/C23H25N5O2S/c1-16(29)25-19-7-2-5-17(13-19)20-8-3-9-21(26-20)18-6-4-11-28(14-18)15-22(30)27-23-24-10-12-31-23/h2-3,5,7-10,12-13,18H,4,6,11,14-15H2,1H3,(H,25,29)(H,24,27,30)/t18-/m0/s1. The van der Waals surface area contributed by atoms with Crippen LogP contribution in [-0.4, -0.2) is 46.3 Å². The Labute approximate surface area is 185 Å². The van der Waals surface area contributed by atoms with Crippen molar-refractivity contribution in [3.63, 3.8) is 0 Å². The Morgan fingerprint density at radius 1 is 1.19 bits per heavy atom. The molecule has 0 bridgehead atoms. The Bertz CT molecular complexity index is 1050. The quantitative estimate of drug-likeness (QED) is 0.612. The molecule has 2 amide bonds. The minimum absolute atomic E-state index is 0.0351. The summed E-state index contributed by atoms with van der Waals surface area (Å²) in [7, 11) is 0. The fourth-order valence-corrected chi connectivity index (χ4v) is 4.43. The van der Waals surface area contributed by atoms with Crippen LogP contribution in [-0.2, 0) is 9.59 Å². The van der Waals surface area contributed by atoms with Crippen molar-refractivity contribution in [3.05, 3.63) is 59.7 Å². The molecule has 0 unspecified atom stereocenters. The van der Waals surface area contributed by atoms with Gasteiger partial charge in [0.25, 0.3) is 0 Å². The summed E-state index contributed by atoms with van der Waals surface area (Å²) < 4.78 is 0. The van der Waals surface area contributed by atoms with Crippen molar-refractivity contribution in [2.24, 2.45) is 0 Å². The van der Waals surface area contributed by atoms with Crippen molar-refractivity contribution in [2.75, 3.05) is 30.3 Å². The van der Waals surface area contributed by atoms with Gasteiger partial charge in [-0.3, -0.25) is 19.5 Å². The third kappa shape index (κ3) is 5.74. The maximum atomic E-state index is 12.3. The largest absolute Gasteiger partial charge is 0.326 e. The highest BCUT2D eigenvalue weighted by molar-refractivity contribution is 7.13. The summed E-state index contributed by atoms with van der Waals surface area (Å²) >= 11 is 1.42. The molecule has 1 aliphatic rings. The highest BCUT2D eigenvalue weighted by atomic mass is 32.1. The molecule has 160 valence electrons. The van der Waals surface area contributed by atoms with Gasteiger partial charge in [0.05, 0.1) is 12.2 Å². The highest BCUT2D eigenvalue weighted by Gasteiger charge is 2.24. The van der Waals surface area contributed by atoms with Crippen LogP contribution in [0, 0.1) is 0 Å². The first kappa shape index (κ1) is 21.1. The molecular weight excluding hydrogens is 410 g/mol. The van der Waals surface area contributed by atoms with E-state index in [1.54, 1.807) is 6.20 Å². The summed E-state index contributed by atoms with van der Waals surface area (Å²) in [5, 5.41) is 8.15. The molecule has 3 heterocycles. The van der Waals surface area contributed by atoms with E-state index >= 15 is 0 Å². The van der Waals surface area contributed by atoms with Gasteiger partial charge in [-0.15, -0.1) is 11.3 Å². The number of hydrogen-bond acceptors (Lipinski definition) is 6. The zero-order valence-corrected chi connectivity index (χ0v) is 18.2. The molecular formula is C23H25N5O2S. The van der Waals surface area contributed by atoms with Gasteiger partial charge < -0.3 is 10.6 Å². The van der Waals surface area contributed by atoms with Crippen molar-refractivity contribution in [1.29, 1.82) is 0 Å². The summed E-state index contributed by atoms with van der Waals surface area (Å²) in [5.74, 6) is 0.145. The van der Waals surface area contributed by atoms with E-state index in [0.717, 1.165) is 48.6 Å². The van der Waals surface area contributed by atoms with Gasteiger partial charge >= 0.3 is 0 Å². The Hall–Kier alpha value is -3.10. The molecule has 7 nitrogen and oxygen atoms in total. The van der Waals surface area contributed by atoms with E-state index < -0.39 is 0 Å². The summed E-state index contributed by atoms with van der Waals surface area (Å²) in [6.45, 7) is 3.56. The number of likely N-dealkylation sites (tertiary alicyclic amines) is 1. The van der Waals surface area contributed by atoms with Gasteiger partial charge in [0.1, 0.15) is 0 Å². The fraction of sp³-hybridized carbons (Fsp3) is 0.304. The first-order chi connectivity index (χ1) is 15.1. The van der Waals surface area contributed by atoms with Gasteiger partial charge in [0.15, 0.2) is 5.13 Å². The molecule has 1 aromatic carbocycles. The topological polar surface area (TPSA) is 87.2 Å². The van der Waals surface area contributed by atoms with Gasteiger partial charge in [-0.1, -0.05) is 18.2 Å². The van der Waals surface area contributed by atoms with Gasteiger partial charge in [0, 0.05) is 47.9 Å². The van der Waals surface area contributed by atoms with Gasteiger partial charge in [-0.05, 0) is 43.7 Å². The van der Waals surface area contributed by atoms with Crippen LogP contribution in [0.25, 0.3) is 11.3 Å². The molecule has 4 rings (SSSR count). The molecule has 8 heteroatoms. The van der Waals surface area contributed by atoms with E-state index in [0.29, 0.717) is 11.7 Å². The summed E-state index contributed by atoms with van der Waals surface area (Å²) in [5.41, 5.74) is 3.63. The lowest BCUT2D eigenvalue weighted by Crippen LogP contribution is -2.40. The van der Waals surface area contributed by atoms with E-state index in [9.17, 15) is 9.59 Å². The maximum Gasteiger partial charge on any atom is 0.240 e. The van der Waals surface area contributed by atoms with E-state index in [2.05, 4.69) is 26.6 Å². The number of rotatable bonds is 6. The second-order valence-electron chi connectivity index (χ2n) is 7.67. The third-order valence-corrected chi connectivity index (χ3v) is 5.91. The monoisotopic (exact) mass is 435 g/mol. The number of benzene rings is 1. The molecule has 0 radical (unpaired) electrons. The number of nitrogens with one attached hydrogen (secondary N) is 2. The normalized spacial score (nSPS) is 16.6. The highest BCUT2D eigenvalue weighted by Crippen LogP contribution is 2.28. The van der Waals surface area contributed by atoms with Gasteiger partial charge in [-0.25, -0.2) is 4.98 Å². The predicted molar refractivity (Wildman–Crippen MR) is 123 cm³/mol. The second kappa shape index (κ2) is 9.80. The maximum absolute atomic E-state index is 12.3. The molecule has 0 saturated carbocycles. The zero-order valence-electron chi connectivity index (χ0n) is 17.4. The average Bonchev–Trinajstić information content (AvgIpc) is 3.26. The molecule has 1 aliphatic heterocycles. The number of carbonyl (C=O) groups excluding carboxylic acids is 2. The fourth-order valence-electron chi connectivity index (χ4n) is 3.89. The molecule has 0 aliphatic carbocycles. The molecule has 3 aromatic rings. The van der Waals surface area contributed by atoms with Crippen LogP contribution in [0.3, 0.4) is 0 Å². The number of hydrogen-bond donors (Lipinski definition) is 2. The number of aromatic nitrogens is 2. The predicted octanol–water partition coefficient (Wildman–Crippen LogP) is 3.98. The van der Waals surface area contributed by atoms with Crippen LogP contribution in [0.5, 0.6) is 0 Å². The number of nitrogens with zero attached hydrogens (tertiary/aromatic N) is 3. The smallest absolute Gasteiger partial charge is 0.240 e. The van der Waals surface area contributed by atoms with Crippen molar-refractivity contribution >= 4 is 34.0 Å². The second-order valence-corrected chi connectivity index (χ2v) is 8.56. The van der Waals surface area contributed by atoms with E-state index in [1.165, 1.54) is 18.3 Å². The lowest BCUT2D eigenvalue weighted by molar-refractivity contribution is -0.117. The summed E-state index contributed by atoms with van der Waals surface area (Å²) in [4.78, 5) is 34.9. The van der Waals surface area contributed by atoms with E-state index in [1.807, 2.05) is 41.8 Å². The van der Waals surface area contributed by atoms with Crippen molar-refractivity contribution in [3.8, 4) is 11.3 Å². The van der Waals surface area contributed by atoms with Crippen LogP contribution < -0.4 is 10.6 Å². The first-order valence-electron chi connectivity index (χ1n) is 10.3. The molecule has 1 fully saturated rings. The van der Waals surface area contributed by atoms with Crippen LogP contribution in [0.15, 0.2) is 54.0 Å². The van der Waals surface area contributed by atoms with Crippen LogP contribution in [0.1, 0.15) is 31.4 Å².